The first kappa shape index (κ1) is 6.78. The predicted octanol–water partition coefficient (Wildman–Crippen LogP) is 0.791. The van der Waals surface area contributed by atoms with Crippen LogP contribution in [0.4, 0.5) is 0 Å². The Kier molecular flexibility index (Phi) is 1.48. The molecule has 0 unspecified atom stereocenters. The highest BCUT2D eigenvalue weighted by atomic mass is 16.1. The summed E-state index contributed by atoms with van der Waals surface area (Å²) in [6.45, 7) is 0. The molecule has 0 saturated heterocycles. The van der Waals surface area contributed by atoms with Crippen molar-refractivity contribution >= 4 is 18.0 Å². The summed E-state index contributed by atoms with van der Waals surface area (Å²) in [7, 11) is 0. The maximum absolute atomic E-state index is 10.4. The van der Waals surface area contributed by atoms with Gasteiger partial charge in [-0.2, -0.15) is 9.98 Å². The van der Waals surface area contributed by atoms with E-state index in [-0.39, 0.29) is 0 Å². The molecule has 0 amide bonds. The lowest BCUT2D eigenvalue weighted by molar-refractivity contribution is -0.105. The SMILES string of the molecule is O=CC1=C=CC2=C(C1)N=C=C=N2. The zero-order chi connectivity index (χ0) is 8.39. The summed E-state index contributed by atoms with van der Waals surface area (Å²) in [5.41, 5.74) is 4.89. The van der Waals surface area contributed by atoms with Crippen molar-refractivity contribution in [1.82, 2.24) is 0 Å². The molecule has 56 valence electrons. The Balaban J connectivity index is 2.46. The second-order valence-electron chi connectivity index (χ2n) is 2.39. The second-order valence-corrected chi connectivity index (χ2v) is 2.39. The minimum absolute atomic E-state index is 0.494. The number of nitrogens with zero attached hydrogens (tertiary/aromatic N) is 2. The lowest BCUT2D eigenvalue weighted by atomic mass is 10.1. The summed E-state index contributed by atoms with van der Waals surface area (Å²) in [6.07, 6.45) is 2.91. The van der Waals surface area contributed by atoms with Gasteiger partial charge in [0, 0.05) is 18.1 Å². The maximum Gasteiger partial charge on any atom is 0.154 e. The van der Waals surface area contributed by atoms with Gasteiger partial charge in [0.15, 0.2) is 6.29 Å². The van der Waals surface area contributed by atoms with Gasteiger partial charge in [-0.3, -0.25) is 4.79 Å². The average Bonchev–Trinajstić information content (AvgIpc) is 2.17. The molecule has 0 radical (unpaired) electrons. The fourth-order valence-corrected chi connectivity index (χ4v) is 1.01. The van der Waals surface area contributed by atoms with E-state index in [0.717, 1.165) is 17.7 Å². The third kappa shape index (κ3) is 1.01. The van der Waals surface area contributed by atoms with Gasteiger partial charge in [0.2, 0.25) is 0 Å². The fourth-order valence-electron chi connectivity index (χ4n) is 1.01. The molecule has 0 aromatic carbocycles. The molecular formula is C9H4N2O. The van der Waals surface area contributed by atoms with Gasteiger partial charge in [-0.25, -0.2) is 0 Å². The van der Waals surface area contributed by atoms with Crippen molar-refractivity contribution in [3.63, 3.8) is 0 Å². The van der Waals surface area contributed by atoms with Crippen LogP contribution in [0.5, 0.6) is 0 Å². The normalized spacial score (nSPS) is 17.8. The van der Waals surface area contributed by atoms with Crippen LogP contribution in [-0.2, 0) is 4.79 Å². The molecule has 12 heavy (non-hydrogen) atoms. The number of aldehydes is 1. The molecule has 1 aliphatic heterocycles. The molecule has 3 heteroatoms. The topological polar surface area (TPSA) is 41.8 Å². The second kappa shape index (κ2) is 2.61. The summed E-state index contributed by atoms with van der Waals surface area (Å²) in [6, 6.07) is 0. The highest BCUT2D eigenvalue weighted by molar-refractivity contribution is 5.91. The van der Waals surface area contributed by atoms with Crippen LogP contribution in [-0.4, -0.2) is 18.0 Å². The zero-order valence-electron chi connectivity index (χ0n) is 6.16. The van der Waals surface area contributed by atoms with Crippen molar-refractivity contribution in [2.45, 2.75) is 6.42 Å². The number of carbonyl (C=O) groups is 1. The van der Waals surface area contributed by atoms with Crippen molar-refractivity contribution in [1.29, 1.82) is 0 Å². The first-order valence-electron chi connectivity index (χ1n) is 3.45. The monoisotopic (exact) mass is 156 g/mol. The van der Waals surface area contributed by atoms with Crippen LogP contribution in [0.25, 0.3) is 0 Å². The van der Waals surface area contributed by atoms with Crippen LogP contribution in [0.2, 0.25) is 0 Å². The number of rotatable bonds is 1. The van der Waals surface area contributed by atoms with E-state index in [1.54, 1.807) is 6.08 Å². The molecule has 0 N–H and O–H groups in total. The number of allylic oxidation sites excluding steroid dienone is 2. The molecule has 1 aliphatic carbocycles. The van der Waals surface area contributed by atoms with Crippen molar-refractivity contribution in [2.75, 3.05) is 0 Å². The smallest absolute Gasteiger partial charge is 0.154 e. The van der Waals surface area contributed by atoms with Gasteiger partial charge in [-0.1, -0.05) is 0 Å². The molecule has 1 heterocycles. The largest absolute Gasteiger partial charge is 0.298 e. The fraction of sp³-hybridized carbons (Fsp3) is 0.111. The lowest BCUT2D eigenvalue weighted by Gasteiger charge is -2.05. The van der Waals surface area contributed by atoms with Crippen LogP contribution in [0.1, 0.15) is 6.42 Å². The number of carbonyl (C=O) groups excluding carboxylic acids is 1. The van der Waals surface area contributed by atoms with Crippen molar-refractivity contribution < 1.29 is 4.79 Å². The minimum Gasteiger partial charge on any atom is -0.298 e. The Morgan fingerprint density at radius 2 is 2.25 bits per heavy atom. The summed E-state index contributed by atoms with van der Waals surface area (Å²) in [5, 5.41) is 0. The maximum atomic E-state index is 10.4. The summed E-state index contributed by atoms with van der Waals surface area (Å²) < 4.78 is 0. The van der Waals surface area contributed by atoms with E-state index in [9.17, 15) is 4.79 Å². The Bertz CT molecular complexity index is 435. The molecule has 3 nitrogen and oxygen atoms in total. The van der Waals surface area contributed by atoms with Gasteiger partial charge in [0.05, 0.1) is 17.4 Å². The molecule has 0 bridgehead atoms. The van der Waals surface area contributed by atoms with Crippen molar-refractivity contribution in [2.24, 2.45) is 9.98 Å². The molecule has 0 atom stereocenters. The summed E-state index contributed by atoms with van der Waals surface area (Å²) in [5.74, 6) is 5.00. The number of hydrogen-bond acceptors (Lipinski definition) is 3. The third-order valence-electron chi connectivity index (χ3n) is 1.61. The van der Waals surface area contributed by atoms with E-state index in [4.69, 9.17) is 0 Å². The van der Waals surface area contributed by atoms with Crippen LogP contribution in [0.3, 0.4) is 0 Å². The highest BCUT2D eigenvalue weighted by Crippen LogP contribution is 2.20. The zero-order valence-corrected chi connectivity index (χ0v) is 6.16. The predicted molar refractivity (Wildman–Crippen MR) is 44.2 cm³/mol. The third-order valence-corrected chi connectivity index (χ3v) is 1.61. The van der Waals surface area contributed by atoms with Gasteiger partial charge in [0.1, 0.15) is 5.70 Å². The van der Waals surface area contributed by atoms with E-state index in [0.29, 0.717) is 12.0 Å². The van der Waals surface area contributed by atoms with Crippen LogP contribution in [0.15, 0.2) is 38.8 Å². The first-order valence-corrected chi connectivity index (χ1v) is 3.45. The van der Waals surface area contributed by atoms with Crippen LogP contribution in [0, 0.1) is 0 Å². The minimum atomic E-state index is 0.494. The Morgan fingerprint density at radius 3 is 3.08 bits per heavy atom. The lowest BCUT2D eigenvalue weighted by Crippen LogP contribution is -1.96. The van der Waals surface area contributed by atoms with E-state index in [2.05, 4.69) is 27.5 Å². The first-order chi connectivity index (χ1) is 5.90. The van der Waals surface area contributed by atoms with Gasteiger partial charge in [-0.15, -0.1) is 5.73 Å². The molecule has 0 saturated carbocycles. The summed E-state index contributed by atoms with van der Waals surface area (Å²) in [4.78, 5) is 18.2. The summed E-state index contributed by atoms with van der Waals surface area (Å²) >= 11 is 0. The molecule has 0 fully saturated rings. The van der Waals surface area contributed by atoms with Gasteiger partial charge < -0.3 is 0 Å². The Morgan fingerprint density at radius 1 is 1.42 bits per heavy atom. The van der Waals surface area contributed by atoms with Crippen molar-refractivity contribution in [3.8, 4) is 0 Å². The van der Waals surface area contributed by atoms with Gasteiger partial charge in [0.25, 0.3) is 0 Å². The van der Waals surface area contributed by atoms with E-state index in [1.165, 1.54) is 0 Å². The molecule has 2 rings (SSSR count). The van der Waals surface area contributed by atoms with Gasteiger partial charge in [-0.05, 0) is 0 Å². The van der Waals surface area contributed by atoms with Crippen LogP contribution < -0.4 is 0 Å². The van der Waals surface area contributed by atoms with E-state index in [1.807, 2.05) is 0 Å². The van der Waals surface area contributed by atoms with E-state index < -0.39 is 0 Å². The Hall–Kier alpha value is -1.91. The molecule has 0 spiro atoms. The molecule has 0 aromatic heterocycles. The van der Waals surface area contributed by atoms with Crippen molar-refractivity contribution in [3.05, 3.63) is 28.8 Å². The number of hydrogen-bond donors (Lipinski definition) is 0. The average molecular weight is 156 g/mol. The quantitative estimate of drug-likeness (QED) is 0.408. The van der Waals surface area contributed by atoms with Crippen LogP contribution >= 0.6 is 0 Å². The molecular weight excluding hydrogens is 152 g/mol. The molecule has 2 aliphatic rings. The Labute approximate surface area is 68.8 Å². The molecule has 0 aromatic rings. The standard InChI is InChI=1S/C9H4N2O/c12-6-7-1-2-8-9(5-7)11-4-3-10-8/h2,6H,5H2. The number of aliphatic imine (C=N–C) groups is 2. The van der Waals surface area contributed by atoms with Gasteiger partial charge >= 0.3 is 0 Å². The van der Waals surface area contributed by atoms with E-state index >= 15 is 0 Å². The highest BCUT2D eigenvalue weighted by Gasteiger charge is 2.10.